The maximum atomic E-state index is 13.4. The smallest absolute Gasteiger partial charge is 0.256 e. The van der Waals surface area contributed by atoms with Gasteiger partial charge >= 0.3 is 0 Å². The van der Waals surface area contributed by atoms with Crippen molar-refractivity contribution >= 4 is 35.0 Å². The number of amides is 2. The molecule has 5 rings (SSSR count). The first-order valence-electron chi connectivity index (χ1n) is 14.6. The SMILES string of the molecule is CC(C)(C)c1ccc(-c2ccccc2C(=O)Nc2ccc(N3CCC(C(C(=O)NCl)c4ccccc4)CC3)cc2)cc1. The number of anilines is 2. The lowest BCUT2D eigenvalue weighted by molar-refractivity contribution is -0.122. The highest BCUT2D eigenvalue weighted by Gasteiger charge is 2.32. The second-order valence-corrected chi connectivity index (χ2v) is 12.2. The van der Waals surface area contributed by atoms with Crippen molar-refractivity contribution in [1.29, 1.82) is 0 Å². The van der Waals surface area contributed by atoms with Crippen molar-refractivity contribution in [3.05, 3.63) is 120 Å². The van der Waals surface area contributed by atoms with Crippen LogP contribution in [0.1, 0.15) is 61.0 Å². The Morgan fingerprint density at radius 3 is 2.05 bits per heavy atom. The third-order valence-electron chi connectivity index (χ3n) is 8.27. The van der Waals surface area contributed by atoms with E-state index in [4.69, 9.17) is 11.8 Å². The summed E-state index contributed by atoms with van der Waals surface area (Å²) >= 11 is 5.75. The number of hydrogen-bond acceptors (Lipinski definition) is 3. The van der Waals surface area contributed by atoms with Gasteiger partial charge in [0.1, 0.15) is 0 Å². The van der Waals surface area contributed by atoms with Crippen LogP contribution >= 0.6 is 11.8 Å². The third kappa shape index (κ3) is 6.69. The molecule has 1 atom stereocenters. The number of nitrogens with zero attached hydrogens (tertiary/aromatic N) is 1. The van der Waals surface area contributed by atoms with Crippen LogP contribution in [-0.4, -0.2) is 24.9 Å². The Labute approximate surface area is 254 Å². The number of nitrogens with one attached hydrogen (secondary N) is 2. The normalized spacial score (nSPS) is 14.7. The zero-order chi connectivity index (χ0) is 29.7. The average molecular weight is 580 g/mol. The summed E-state index contributed by atoms with van der Waals surface area (Å²) in [5, 5.41) is 3.08. The molecule has 0 spiro atoms. The average Bonchev–Trinajstić information content (AvgIpc) is 3.02. The first-order valence-corrected chi connectivity index (χ1v) is 14.9. The zero-order valence-electron chi connectivity index (χ0n) is 24.4. The molecule has 0 bridgehead atoms. The van der Waals surface area contributed by atoms with Crippen molar-refractivity contribution in [2.24, 2.45) is 5.92 Å². The molecule has 1 heterocycles. The van der Waals surface area contributed by atoms with Crippen molar-refractivity contribution < 1.29 is 9.59 Å². The molecule has 4 aromatic rings. The van der Waals surface area contributed by atoms with Gasteiger partial charge in [0.15, 0.2) is 0 Å². The van der Waals surface area contributed by atoms with Crippen molar-refractivity contribution in [2.45, 2.75) is 44.9 Å². The maximum Gasteiger partial charge on any atom is 0.256 e. The van der Waals surface area contributed by atoms with Crippen LogP contribution in [-0.2, 0) is 10.2 Å². The molecule has 42 heavy (non-hydrogen) atoms. The van der Waals surface area contributed by atoms with Crippen LogP contribution in [0.4, 0.5) is 11.4 Å². The number of benzene rings is 4. The highest BCUT2D eigenvalue weighted by Crippen LogP contribution is 2.35. The molecule has 2 amide bonds. The number of carbonyl (C=O) groups is 2. The molecule has 1 saturated heterocycles. The molecule has 1 aliphatic rings. The van der Waals surface area contributed by atoms with E-state index in [1.54, 1.807) is 0 Å². The predicted molar refractivity (Wildman–Crippen MR) is 173 cm³/mol. The van der Waals surface area contributed by atoms with Gasteiger partial charge < -0.3 is 10.2 Å². The minimum atomic E-state index is -0.261. The lowest BCUT2D eigenvalue weighted by Gasteiger charge is -2.36. The molecule has 1 aliphatic heterocycles. The molecule has 6 heteroatoms. The molecule has 0 saturated carbocycles. The summed E-state index contributed by atoms with van der Waals surface area (Å²) in [5.41, 5.74) is 6.75. The Kier molecular flexibility index (Phi) is 8.98. The minimum absolute atomic E-state index is 0.0722. The van der Waals surface area contributed by atoms with Gasteiger partial charge in [0.2, 0.25) is 5.91 Å². The Morgan fingerprint density at radius 2 is 1.43 bits per heavy atom. The number of halogens is 1. The van der Waals surface area contributed by atoms with Gasteiger partial charge in [-0.2, -0.15) is 0 Å². The molecule has 216 valence electrons. The van der Waals surface area contributed by atoms with Gasteiger partial charge in [-0.05, 0) is 76.8 Å². The van der Waals surface area contributed by atoms with E-state index in [9.17, 15) is 9.59 Å². The molecule has 1 unspecified atom stereocenters. The van der Waals surface area contributed by atoms with Gasteiger partial charge in [-0.1, -0.05) is 93.6 Å². The molecule has 0 aromatic heterocycles. The first-order chi connectivity index (χ1) is 20.2. The van der Waals surface area contributed by atoms with Crippen LogP contribution < -0.4 is 15.1 Å². The Hall–Kier alpha value is -4.09. The van der Waals surface area contributed by atoms with E-state index in [0.29, 0.717) is 5.56 Å². The fraction of sp³-hybridized carbons (Fsp3) is 0.278. The fourth-order valence-electron chi connectivity index (χ4n) is 5.88. The van der Waals surface area contributed by atoms with E-state index in [1.165, 1.54) is 5.56 Å². The Balaban J connectivity index is 1.23. The van der Waals surface area contributed by atoms with Crippen LogP contribution in [0, 0.1) is 5.92 Å². The van der Waals surface area contributed by atoms with Crippen LogP contribution in [0.25, 0.3) is 11.1 Å². The topological polar surface area (TPSA) is 61.4 Å². The van der Waals surface area contributed by atoms with Crippen LogP contribution in [0.2, 0.25) is 0 Å². The second-order valence-electron chi connectivity index (χ2n) is 12.0. The molecule has 5 nitrogen and oxygen atoms in total. The minimum Gasteiger partial charge on any atom is -0.372 e. The summed E-state index contributed by atoms with van der Waals surface area (Å²) in [4.78, 5) is 30.7. The van der Waals surface area contributed by atoms with Crippen molar-refractivity contribution in [2.75, 3.05) is 23.3 Å². The van der Waals surface area contributed by atoms with Crippen molar-refractivity contribution in [1.82, 2.24) is 4.84 Å². The molecular formula is C36H38ClN3O2. The quantitative estimate of drug-likeness (QED) is 0.217. The van der Waals surface area contributed by atoms with E-state index < -0.39 is 0 Å². The summed E-state index contributed by atoms with van der Waals surface area (Å²) < 4.78 is 0. The van der Waals surface area contributed by atoms with Gasteiger partial charge in [0.25, 0.3) is 5.91 Å². The summed E-state index contributed by atoms with van der Waals surface area (Å²) in [7, 11) is 0. The van der Waals surface area contributed by atoms with E-state index in [-0.39, 0.29) is 29.1 Å². The zero-order valence-corrected chi connectivity index (χ0v) is 25.2. The van der Waals surface area contributed by atoms with E-state index in [0.717, 1.165) is 54.0 Å². The van der Waals surface area contributed by atoms with Gasteiger partial charge in [0.05, 0.1) is 5.92 Å². The monoisotopic (exact) mass is 579 g/mol. The molecule has 0 aliphatic carbocycles. The summed E-state index contributed by atoms with van der Waals surface area (Å²) in [6.45, 7) is 8.27. The van der Waals surface area contributed by atoms with Crippen molar-refractivity contribution in [3.63, 3.8) is 0 Å². The van der Waals surface area contributed by atoms with Gasteiger partial charge in [-0.15, -0.1) is 0 Å². The Bertz CT molecular complexity index is 1500. The van der Waals surface area contributed by atoms with Crippen LogP contribution in [0.15, 0.2) is 103 Å². The lowest BCUT2D eigenvalue weighted by atomic mass is 9.79. The molecular weight excluding hydrogens is 542 g/mol. The number of hydrogen-bond donors (Lipinski definition) is 2. The third-order valence-corrected chi connectivity index (χ3v) is 8.46. The number of carbonyl (C=O) groups excluding carboxylic acids is 2. The second kappa shape index (κ2) is 12.8. The van der Waals surface area contributed by atoms with Crippen LogP contribution in [0.5, 0.6) is 0 Å². The van der Waals surface area contributed by atoms with Crippen molar-refractivity contribution in [3.8, 4) is 11.1 Å². The standard InChI is InChI=1S/C36H38ClN3O2/c1-36(2,3)28-15-13-25(14-16-28)31-11-7-8-12-32(31)34(41)38-29-17-19-30(20-18-29)40-23-21-27(22-24-40)33(35(42)39-37)26-9-5-4-6-10-26/h4-20,27,33H,21-24H2,1-3H3,(H,38,41)(H,39,42). The van der Waals surface area contributed by atoms with Crippen LogP contribution in [0.3, 0.4) is 0 Å². The molecule has 2 N–H and O–H groups in total. The first kappa shape index (κ1) is 29.4. The molecule has 4 aromatic carbocycles. The number of rotatable bonds is 7. The van der Waals surface area contributed by atoms with E-state index in [2.05, 4.69) is 60.1 Å². The van der Waals surface area contributed by atoms with E-state index in [1.807, 2.05) is 78.9 Å². The van der Waals surface area contributed by atoms with Gasteiger partial charge in [0, 0.05) is 41.8 Å². The fourth-order valence-corrected chi connectivity index (χ4v) is 6.00. The summed E-state index contributed by atoms with van der Waals surface area (Å²) in [6, 6.07) is 34.1. The molecule has 0 radical (unpaired) electrons. The Morgan fingerprint density at radius 1 is 0.810 bits per heavy atom. The largest absolute Gasteiger partial charge is 0.372 e. The van der Waals surface area contributed by atoms with Gasteiger partial charge in [-0.3, -0.25) is 14.4 Å². The maximum absolute atomic E-state index is 13.4. The van der Waals surface area contributed by atoms with E-state index >= 15 is 0 Å². The van der Waals surface area contributed by atoms with Gasteiger partial charge in [-0.25, -0.2) is 0 Å². The lowest BCUT2D eigenvalue weighted by Crippen LogP contribution is -2.39. The highest BCUT2D eigenvalue weighted by molar-refractivity contribution is 6.22. The number of piperidine rings is 1. The molecule has 1 fully saturated rings. The highest BCUT2D eigenvalue weighted by atomic mass is 35.5. The summed E-state index contributed by atoms with van der Waals surface area (Å²) in [5.74, 6) is -0.332. The summed E-state index contributed by atoms with van der Waals surface area (Å²) in [6.07, 6.45) is 1.77. The predicted octanol–water partition coefficient (Wildman–Crippen LogP) is 8.17.